The van der Waals surface area contributed by atoms with Crippen molar-refractivity contribution in [2.45, 2.75) is 24.7 Å². The summed E-state index contributed by atoms with van der Waals surface area (Å²) in [5, 5.41) is 1.91. The number of amides is 1. The van der Waals surface area contributed by atoms with E-state index in [0.717, 1.165) is 4.88 Å². The number of hydrogen-bond donors (Lipinski definition) is 2. The number of nitrogens with one attached hydrogen (secondary N) is 1. The third-order valence-corrected chi connectivity index (χ3v) is 5.58. The zero-order chi connectivity index (χ0) is 16.2. The number of thiophene rings is 1. The Balaban J connectivity index is 2.53. The monoisotopic (exact) mass is 338 g/mol. The molecule has 0 spiro atoms. The Morgan fingerprint density at radius 3 is 2.64 bits per heavy atom. The number of primary amides is 1. The number of nitrogens with two attached hydrogens (primary N) is 1. The number of carbonyl (C=O) groups is 1. The number of benzene rings is 1. The van der Waals surface area contributed by atoms with Crippen LogP contribution in [0.1, 0.15) is 34.1 Å². The molecule has 2 aromatic rings. The van der Waals surface area contributed by atoms with Crippen LogP contribution in [0.25, 0.3) is 0 Å². The van der Waals surface area contributed by atoms with Crippen LogP contribution in [-0.4, -0.2) is 20.9 Å². The Morgan fingerprint density at radius 1 is 1.27 bits per heavy atom. The Bertz CT molecular complexity index is 753. The van der Waals surface area contributed by atoms with Crippen LogP contribution >= 0.6 is 11.3 Å². The highest BCUT2D eigenvalue weighted by Gasteiger charge is 2.22. The molecule has 0 radical (unpaired) electrons. The maximum absolute atomic E-state index is 12.5. The Hall–Kier alpha value is -1.70. The lowest BCUT2D eigenvalue weighted by Crippen LogP contribution is -2.26. The molecule has 0 bridgehead atoms. The molecule has 1 amide bonds. The van der Waals surface area contributed by atoms with Crippen molar-refractivity contribution in [2.75, 3.05) is 6.54 Å². The standard InChI is InChI=1S/C15H18N2O3S2/c1-2-8-17-22(19,20)14-7-3-6-12(15(16)18)13(14)10-11-5-4-9-21-11/h3-7,9,17H,2,8,10H2,1H3,(H2,16,18). The van der Waals surface area contributed by atoms with Gasteiger partial charge >= 0.3 is 0 Å². The minimum absolute atomic E-state index is 0.116. The van der Waals surface area contributed by atoms with Crippen LogP contribution in [0.3, 0.4) is 0 Å². The topological polar surface area (TPSA) is 89.3 Å². The second-order valence-corrected chi connectivity index (χ2v) is 7.57. The average molecular weight is 338 g/mol. The van der Waals surface area contributed by atoms with E-state index in [2.05, 4.69) is 4.72 Å². The summed E-state index contributed by atoms with van der Waals surface area (Å²) in [4.78, 5) is 12.7. The highest BCUT2D eigenvalue weighted by Crippen LogP contribution is 2.25. The van der Waals surface area contributed by atoms with Gasteiger partial charge in [-0.15, -0.1) is 11.3 Å². The highest BCUT2D eigenvalue weighted by atomic mass is 32.2. The third kappa shape index (κ3) is 3.73. The predicted octanol–water partition coefficient (Wildman–Crippen LogP) is 2.13. The van der Waals surface area contributed by atoms with Crippen LogP contribution in [0.15, 0.2) is 40.6 Å². The second kappa shape index (κ2) is 7.04. The molecule has 0 atom stereocenters. The fourth-order valence-electron chi connectivity index (χ4n) is 2.13. The number of carbonyl (C=O) groups excluding carboxylic acids is 1. The van der Waals surface area contributed by atoms with E-state index in [9.17, 15) is 13.2 Å². The molecule has 22 heavy (non-hydrogen) atoms. The maximum atomic E-state index is 12.5. The van der Waals surface area contributed by atoms with Gasteiger partial charge in [0, 0.05) is 23.4 Å². The van der Waals surface area contributed by atoms with Gasteiger partial charge in [0.05, 0.1) is 4.90 Å². The summed E-state index contributed by atoms with van der Waals surface area (Å²) in [5.41, 5.74) is 6.09. The molecule has 1 aromatic carbocycles. The van der Waals surface area contributed by atoms with Crippen LogP contribution in [0, 0.1) is 0 Å². The molecule has 5 nitrogen and oxygen atoms in total. The number of rotatable bonds is 7. The van der Waals surface area contributed by atoms with Crippen LogP contribution in [0.5, 0.6) is 0 Å². The minimum Gasteiger partial charge on any atom is -0.366 e. The van der Waals surface area contributed by atoms with Gasteiger partial charge in [-0.2, -0.15) is 0 Å². The van der Waals surface area contributed by atoms with Crippen LogP contribution in [0.2, 0.25) is 0 Å². The SMILES string of the molecule is CCCNS(=O)(=O)c1cccc(C(N)=O)c1Cc1cccs1. The van der Waals surface area contributed by atoms with Crippen molar-refractivity contribution in [2.24, 2.45) is 5.73 Å². The van der Waals surface area contributed by atoms with E-state index in [1.807, 2.05) is 24.4 Å². The first kappa shape index (κ1) is 16.7. The molecule has 3 N–H and O–H groups in total. The second-order valence-electron chi connectivity index (χ2n) is 4.80. The fraction of sp³-hybridized carbons (Fsp3) is 0.267. The van der Waals surface area contributed by atoms with Gasteiger partial charge in [0.1, 0.15) is 0 Å². The molecule has 0 aliphatic rings. The van der Waals surface area contributed by atoms with E-state index in [0.29, 0.717) is 24.9 Å². The molecular weight excluding hydrogens is 320 g/mol. The first-order valence-electron chi connectivity index (χ1n) is 6.89. The zero-order valence-corrected chi connectivity index (χ0v) is 13.8. The molecule has 0 fully saturated rings. The van der Waals surface area contributed by atoms with Gasteiger partial charge in [0.25, 0.3) is 0 Å². The summed E-state index contributed by atoms with van der Waals surface area (Å²) in [5.74, 6) is -0.626. The van der Waals surface area contributed by atoms with Crippen molar-refractivity contribution in [1.29, 1.82) is 0 Å². The minimum atomic E-state index is -3.67. The molecule has 1 aromatic heterocycles. The third-order valence-electron chi connectivity index (χ3n) is 3.16. The van der Waals surface area contributed by atoms with E-state index in [4.69, 9.17) is 5.73 Å². The molecule has 0 unspecified atom stereocenters. The molecule has 0 aliphatic carbocycles. The molecule has 0 saturated carbocycles. The van der Waals surface area contributed by atoms with E-state index in [1.54, 1.807) is 12.1 Å². The fourth-order valence-corrected chi connectivity index (χ4v) is 4.24. The van der Waals surface area contributed by atoms with Gasteiger partial charge in [-0.1, -0.05) is 19.1 Å². The van der Waals surface area contributed by atoms with Gasteiger partial charge in [0.15, 0.2) is 0 Å². The van der Waals surface area contributed by atoms with Gasteiger partial charge < -0.3 is 5.73 Å². The van der Waals surface area contributed by atoms with E-state index >= 15 is 0 Å². The van der Waals surface area contributed by atoms with Crippen LogP contribution < -0.4 is 10.5 Å². The summed E-state index contributed by atoms with van der Waals surface area (Å²) in [7, 11) is -3.67. The lowest BCUT2D eigenvalue weighted by molar-refractivity contribution is 0.0999. The first-order valence-corrected chi connectivity index (χ1v) is 9.25. The largest absolute Gasteiger partial charge is 0.366 e. The van der Waals surface area contributed by atoms with Crippen molar-refractivity contribution in [1.82, 2.24) is 4.72 Å². The summed E-state index contributed by atoms with van der Waals surface area (Å²) >= 11 is 1.51. The number of hydrogen-bond acceptors (Lipinski definition) is 4. The molecule has 0 saturated heterocycles. The molecule has 118 valence electrons. The summed E-state index contributed by atoms with van der Waals surface area (Å²) in [6, 6.07) is 8.39. The maximum Gasteiger partial charge on any atom is 0.249 e. The summed E-state index contributed by atoms with van der Waals surface area (Å²) < 4.78 is 27.4. The van der Waals surface area contributed by atoms with E-state index in [1.165, 1.54) is 17.4 Å². The van der Waals surface area contributed by atoms with Gasteiger partial charge in [0.2, 0.25) is 15.9 Å². The van der Waals surface area contributed by atoms with Gasteiger partial charge in [-0.25, -0.2) is 13.1 Å². The molecule has 2 rings (SSSR count). The summed E-state index contributed by atoms with van der Waals surface area (Å²) in [6.45, 7) is 2.23. The molecular formula is C15H18N2O3S2. The quantitative estimate of drug-likeness (QED) is 0.810. The summed E-state index contributed by atoms with van der Waals surface area (Å²) in [6.07, 6.45) is 1.05. The normalized spacial score (nSPS) is 11.5. The van der Waals surface area contributed by atoms with E-state index in [-0.39, 0.29) is 10.5 Å². The highest BCUT2D eigenvalue weighted by molar-refractivity contribution is 7.89. The van der Waals surface area contributed by atoms with Crippen LogP contribution in [-0.2, 0) is 16.4 Å². The number of sulfonamides is 1. The predicted molar refractivity (Wildman–Crippen MR) is 87.6 cm³/mol. The lowest BCUT2D eigenvalue weighted by Gasteiger charge is -2.13. The van der Waals surface area contributed by atoms with Crippen LogP contribution in [0.4, 0.5) is 0 Å². The molecule has 7 heteroatoms. The van der Waals surface area contributed by atoms with Crippen molar-refractivity contribution in [3.05, 3.63) is 51.7 Å². The van der Waals surface area contributed by atoms with Crippen molar-refractivity contribution >= 4 is 27.3 Å². The Kier molecular flexibility index (Phi) is 5.33. The van der Waals surface area contributed by atoms with E-state index < -0.39 is 15.9 Å². The Morgan fingerprint density at radius 2 is 2.05 bits per heavy atom. The van der Waals surface area contributed by atoms with Crippen molar-refractivity contribution in [3.63, 3.8) is 0 Å². The van der Waals surface area contributed by atoms with Crippen molar-refractivity contribution in [3.8, 4) is 0 Å². The van der Waals surface area contributed by atoms with Crippen molar-refractivity contribution < 1.29 is 13.2 Å². The first-order chi connectivity index (χ1) is 10.5. The zero-order valence-electron chi connectivity index (χ0n) is 12.2. The average Bonchev–Trinajstić information content (AvgIpc) is 2.98. The Labute approximate surface area is 134 Å². The van der Waals surface area contributed by atoms with Gasteiger partial charge in [-0.05, 0) is 35.6 Å². The molecule has 0 aliphatic heterocycles. The molecule has 1 heterocycles. The smallest absolute Gasteiger partial charge is 0.249 e. The lowest BCUT2D eigenvalue weighted by atomic mass is 10.0. The van der Waals surface area contributed by atoms with Gasteiger partial charge in [-0.3, -0.25) is 4.79 Å².